The van der Waals surface area contributed by atoms with E-state index in [-0.39, 0.29) is 11.0 Å². The molecule has 0 bridgehead atoms. The van der Waals surface area contributed by atoms with Crippen LogP contribution in [0.2, 0.25) is 0 Å². The lowest BCUT2D eigenvalue weighted by atomic mass is 10.2. The average Bonchev–Trinajstić information content (AvgIpc) is 2.42. The molecular formula is C15H12BrIN2OS. The molecule has 108 valence electrons. The molecule has 3 nitrogen and oxygen atoms in total. The molecule has 6 heteroatoms. The molecule has 2 aromatic carbocycles. The summed E-state index contributed by atoms with van der Waals surface area (Å²) in [6.45, 7) is 2.01. The highest BCUT2D eigenvalue weighted by atomic mass is 127. The van der Waals surface area contributed by atoms with Gasteiger partial charge in [0.15, 0.2) is 5.11 Å². The van der Waals surface area contributed by atoms with Crippen molar-refractivity contribution < 1.29 is 4.79 Å². The summed E-state index contributed by atoms with van der Waals surface area (Å²) in [6.07, 6.45) is 0. The van der Waals surface area contributed by atoms with Gasteiger partial charge in [-0.25, -0.2) is 0 Å². The number of thiocarbonyl (C=S) groups is 1. The van der Waals surface area contributed by atoms with Crippen LogP contribution in [0, 0.1) is 10.5 Å². The fraction of sp³-hybridized carbons (Fsp3) is 0.0667. The summed E-state index contributed by atoms with van der Waals surface area (Å²) in [5.41, 5.74) is 2.56. The first kappa shape index (κ1) is 16.4. The summed E-state index contributed by atoms with van der Waals surface area (Å²) in [5, 5.41) is 5.96. The summed E-state index contributed by atoms with van der Waals surface area (Å²) < 4.78 is 1.78. The standard InChI is InChI=1S/C15H12BrIN2OS/c1-9-6-7-13(11(16)8-9)18-15(21)19-14(20)10-4-2-3-5-12(10)17/h2-8H,1H3,(H2,18,19,20,21). The van der Waals surface area contributed by atoms with Crippen LogP contribution in [0.5, 0.6) is 0 Å². The molecule has 0 fully saturated rings. The molecule has 0 radical (unpaired) electrons. The summed E-state index contributed by atoms with van der Waals surface area (Å²) in [5.74, 6) is -0.222. The lowest BCUT2D eigenvalue weighted by Gasteiger charge is -2.12. The van der Waals surface area contributed by atoms with Crippen molar-refractivity contribution in [1.29, 1.82) is 0 Å². The minimum atomic E-state index is -0.222. The highest BCUT2D eigenvalue weighted by molar-refractivity contribution is 14.1. The molecule has 0 atom stereocenters. The monoisotopic (exact) mass is 474 g/mol. The Morgan fingerprint density at radius 3 is 2.62 bits per heavy atom. The van der Waals surface area contributed by atoms with E-state index in [1.807, 2.05) is 43.3 Å². The highest BCUT2D eigenvalue weighted by Gasteiger charge is 2.11. The van der Waals surface area contributed by atoms with Crippen molar-refractivity contribution in [2.45, 2.75) is 6.92 Å². The van der Waals surface area contributed by atoms with Crippen molar-refractivity contribution in [3.05, 3.63) is 61.6 Å². The van der Waals surface area contributed by atoms with E-state index in [0.717, 1.165) is 19.3 Å². The largest absolute Gasteiger partial charge is 0.331 e. The molecule has 0 heterocycles. The zero-order chi connectivity index (χ0) is 15.4. The summed E-state index contributed by atoms with van der Waals surface area (Å²) in [7, 11) is 0. The third-order valence-electron chi connectivity index (χ3n) is 2.72. The second-order valence-electron chi connectivity index (χ2n) is 4.37. The van der Waals surface area contributed by atoms with Gasteiger partial charge in [-0.05, 0) is 87.5 Å². The molecule has 2 aromatic rings. The Kier molecular flexibility index (Phi) is 5.72. The summed E-state index contributed by atoms with van der Waals surface area (Å²) in [6, 6.07) is 13.2. The number of hydrogen-bond donors (Lipinski definition) is 2. The van der Waals surface area contributed by atoms with E-state index < -0.39 is 0 Å². The molecule has 1 amide bonds. The smallest absolute Gasteiger partial charge is 0.258 e. The van der Waals surface area contributed by atoms with Gasteiger partial charge in [0.1, 0.15) is 0 Å². The van der Waals surface area contributed by atoms with Gasteiger partial charge in [0, 0.05) is 8.04 Å². The molecular weight excluding hydrogens is 463 g/mol. The van der Waals surface area contributed by atoms with Crippen LogP contribution < -0.4 is 10.6 Å². The van der Waals surface area contributed by atoms with Crippen LogP contribution >= 0.6 is 50.7 Å². The van der Waals surface area contributed by atoms with Crippen LogP contribution in [-0.4, -0.2) is 11.0 Å². The van der Waals surface area contributed by atoms with Crippen LogP contribution in [0.3, 0.4) is 0 Å². The Bertz CT molecular complexity index is 706. The number of aryl methyl sites for hydroxylation is 1. The summed E-state index contributed by atoms with van der Waals surface area (Å²) >= 11 is 10.8. The van der Waals surface area contributed by atoms with Crippen LogP contribution in [-0.2, 0) is 0 Å². The number of hydrogen-bond acceptors (Lipinski definition) is 2. The first-order valence-corrected chi connectivity index (χ1v) is 8.38. The van der Waals surface area contributed by atoms with E-state index in [1.54, 1.807) is 6.07 Å². The topological polar surface area (TPSA) is 41.1 Å². The molecule has 0 saturated heterocycles. The molecule has 2 rings (SSSR count). The molecule has 0 unspecified atom stereocenters. The molecule has 21 heavy (non-hydrogen) atoms. The lowest BCUT2D eigenvalue weighted by molar-refractivity contribution is 0.0977. The van der Waals surface area contributed by atoms with E-state index in [1.165, 1.54) is 0 Å². The maximum Gasteiger partial charge on any atom is 0.258 e. The van der Waals surface area contributed by atoms with Crippen molar-refractivity contribution in [3.63, 3.8) is 0 Å². The number of anilines is 1. The van der Waals surface area contributed by atoms with Gasteiger partial charge in [-0.3, -0.25) is 10.1 Å². The van der Waals surface area contributed by atoms with E-state index in [4.69, 9.17) is 12.2 Å². The second kappa shape index (κ2) is 7.33. The molecule has 0 saturated carbocycles. The lowest BCUT2D eigenvalue weighted by Crippen LogP contribution is -2.34. The van der Waals surface area contributed by atoms with E-state index >= 15 is 0 Å². The van der Waals surface area contributed by atoms with E-state index in [9.17, 15) is 4.79 Å². The first-order chi connectivity index (χ1) is 9.97. The van der Waals surface area contributed by atoms with E-state index in [0.29, 0.717) is 5.56 Å². The van der Waals surface area contributed by atoms with Crippen molar-refractivity contribution in [2.24, 2.45) is 0 Å². The van der Waals surface area contributed by atoms with Crippen molar-refractivity contribution in [1.82, 2.24) is 5.32 Å². The fourth-order valence-corrected chi connectivity index (χ4v) is 3.12. The normalized spacial score (nSPS) is 10.0. The summed E-state index contributed by atoms with van der Waals surface area (Å²) in [4.78, 5) is 12.2. The van der Waals surface area contributed by atoms with Gasteiger partial charge in [0.2, 0.25) is 0 Å². The van der Waals surface area contributed by atoms with Gasteiger partial charge in [-0.15, -0.1) is 0 Å². The minimum absolute atomic E-state index is 0.222. The Labute approximate surface area is 150 Å². The number of carbonyl (C=O) groups excluding carboxylic acids is 1. The molecule has 2 N–H and O–H groups in total. The van der Waals surface area contributed by atoms with Gasteiger partial charge < -0.3 is 5.32 Å². The van der Waals surface area contributed by atoms with Crippen LogP contribution in [0.1, 0.15) is 15.9 Å². The predicted molar refractivity (Wildman–Crippen MR) is 102 cm³/mol. The number of rotatable bonds is 2. The van der Waals surface area contributed by atoms with Crippen molar-refractivity contribution in [3.8, 4) is 0 Å². The molecule has 0 aliphatic heterocycles. The number of carbonyl (C=O) groups is 1. The Hall–Kier alpha value is -0.990. The van der Waals surface area contributed by atoms with Crippen LogP contribution in [0.25, 0.3) is 0 Å². The number of nitrogens with one attached hydrogen (secondary N) is 2. The van der Waals surface area contributed by atoms with E-state index in [2.05, 4.69) is 49.2 Å². The molecule has 0 aliphatic rings. The second-order valence-corrected chi connectivity index (χ2v) is 6.80. The first-order valence-electron chi connectivity index (χ1n) is 6.10. The Morgan fingerprint density at radius 2 is 1.95 bits per heavy atom. The average molecular weight is 475 g/mol. The minimum Gasteiger partial charge on any atom is -0.331 e. The number of halogens is 2. The van der Waals surface area contributed by atoms with Gasteiger partial charge in [0.05, 0.1) is 11.3 Å². The molecule has 0 aliphatic carbocycles. The van der Waals surface area contributed by atoms with Crippen molar-refractivity contribution in [2.75, 3.05) is 5.32 Å². The van der Waals surface area contributed by atoms with Crippen molar-refractivity contribution >= 4 is 67.4 Å². The van der Waals surface area contributed by atoms with Crippen LogP contribution in [0.4, 0.5) is 5.69 Å². The third kappa shape index (κ3) is 4.49. The van der Waals surface area contributed by atoms with Crippen LogP contribution in [0.15, 0.2) is 46.9 Å². The Balaban J connectivity index is 2.05. The maximum atomic E-state index is 12.2. The third-order valence-corrected chi connectivity index (χ3v) is 4.52. The SMILES string of the molecule is Cc1ccc(NC(=S)NC(=O)c2ccccc2I)c(Br)c1. The zero-order valence-electron chi connectivity index (χ0n) is 11.1. The van der Waals surface area contributed by atoms with Gasteiger partial charge >= 0.3 is 0 Å². The van der Waals surface area contributed by atoms with Gasteiger partial charge in [-0.1, -0.05) is 18.2 Å². The predicted octanol–water partition coefficient (Wildman–Crippen LogP) is 4.49. The van der Waals surface area contributed by atoms with Gasteiger partial charge in [0.25, 0.3) is 5.91 Å². The zero-order valence-corrected chi connectivity index (χ0v) is 15.7. The highest BCUT2D eigenvalue weighted by Crippen LogP contribution is 2.23. The van der Waals surface area contributed by atoms with Gasteiger partial charge in [-0.2, -0.15) is 0 Å². The quantitative estimate of drug-likeness (QED) is 0.497. The number of amides is 1. The fourth-order valence-electron chi connectivity index (χ4n) is 1.69. The molecule has 0 spiro atoms. The number of benzene rings is 2. The Morgan fingerprint density at radius 1 is 1.24 bits per heavy atom. The molecule has 0 aromatic heterocycles. The maximum absolute atomic E-state index is 12.2.